The lowest BCUT2D eigenvalue weighted by Gasteiger charge is -2.03. The first-order valence-corrected chi connectivity index (χ1v) is 8.48. The van der Waals surface area contributed by atoms with Crippen molar-refractivity contribution in [2.45, 2.75) is 0 Å². The minimum absolute atomic E-state index is 0.130. The number of methoxy groups -OCH3 is 1. The fourth-order valence-corrected chi connectivity index (χ4v) is 4.00. The molecule has 0 aliphatic rings. The van der Waals surface area contributed by atoms with E-state index >= 15 is 0 Å². The lowest BCUT2D eigenvalue weighted by Crippen LogP contribution is -2.06. The molecule has 5 nitrogen and oxygen atoms in total. The Labute approximate surface area is 150 Å². The second-order valence-corrected chi connectivity index (χ2v) is 6.70. The number of carbonyl (C=O) groups is 1. The fraction of sp³-hybridized carbons (Fsp3) is 0.0556. The van der Waals surface area contributed by atoms with Gasteiger partial charge in [-0.15, -0.1) is 11.3 Å². The standard InChI is InChI=1S/C18H10ClNO4S/c1-23-17(21)9-6-7-10-12(8-9)20-16(24-18(10)22)15-14(19)11-4-2-3-5-13(11)25-15/h2-8H,1H3. The van der Waals surface area contributed by atoms with Crippen LogP contribution >= 0.6 is 22.9 Å². The lowest BCUT2D eigenvalue weighted by molar-refractivity contribution is 0.0601. The molecule has 25 heavy (non-hydrogen) atoms. The van der Waals surface area contributed by atoms with Crippen LogP contribution in [0.25, 0.3) is 31.8 Å². The summed E-state index contributed by atoms with van der Waals surface area (Å²) in [5.74, 6) is -0.371. The number of esters is 1. The molecule has 0 saturated heterocycles. The molecule has 0 N–H and O–H groups in total. The van der Waals surface area contributed by atoms with Crippen molar-refractivity contribution in [2.24, 2.45) is 0 Å². The second kappa shape index (κ2) is 5.98. The van der Waals surface area contributed by atoms with Gasteiger partial charge in [-0.25, -0.2) is 14.6 Å². The number of hydrogen-bond donors (Lipinski definition) is 0. The average molecular weight is 372 g/mol. The quantitative estimate of drug-likeness (QED) is 0.485. The van der Waals surface area contributed by atoms with E-state index in [0.717, 1.165) is 10.1 Å². The van der Waals surface area contributed by atoms with Crippen LogP contribution in [-0.2, 0) is 4.74 Å². The van der Waals surface area contributed by atoms with Gasteiger partial charge >= 0.3 is 11.6 Å². The van der Waals surface area contributed by atoms with E-state index in [4.69, 9.17) is 20.8 Å². The van der Waals surface area contributed by atoms with E-state index in [0.29, 0.717) is 21.0 Å². The van der Waals surface area contributed by atoms with Gasteiger partial charge in [-0.05, 0) is 24.3 Å². The minimum atomic E-state index is -0.537. The van der Waals surface area contributed by atoms with Crippen LogP contribution in [0.1, 0.15) is 10.4 Å². The average Bonchev–Trinajstić information content (AvgIpc) is 2.97. The Bertz CT molecular complexity index is 1190. The molecule has 0 atom stereocenters. The summed E-state index contributed by atoms with van der Waals surface area (Å²) in [4.78, 5) is 29.0. The smallest absolute Gasteiger partial charge is 0.347 e. The molecule has 4 aromatic rings. The van der Waals surface area contributed by atoms with Crippen LogP contribution in [0.5, 0.6) is 0 Å². The number of nitrogens with zero attached hydrogens (tertiary/aromatic N) is 1. The van der Waals surface area contributed by atoms with E-state index in [-0.39, 0.29) is 11.3 Å². The topological polar surface area (TPSA) is 69.4 Å². The maximum Gasteiger partial charge on any atom is 0.347 e. The predicted octanol–water partition coefficient (Wildman–Crippen LogP) is 4.51. The van der Waals surface area contributed by atoms with Crippen molar-refractivity contribution in [3.63, 3.8) is 0 Å². The van der Waals surface area contributed by atoms with E-state index in [9.17, 15) is 9.59 Å². The zero-order chi connectivity index (χ0) is 17.6. The number of carbonyl (C=O) groups excluding carboxylic acids is 1. The molecular formula is C18H10ClNO4S. The van der Waals surface area contributed by atoms with Crippen molar-refractivity contribution in [3.05, 3.63) is 63.5 Å². The van der Waals surface area contributed by atoms with E-state index < -0.39 is 11.6 Å². The number of hydrogen-bond acceptors (Lipinski definition) is 6. The second-order valence-electron chi connectivity index (χ2n) is 5.27. The van der Waals surface area contributed by atoms with Crippen LogP contribution in [0.4, 0.5) is 0 Å². The molecule has 0 unspecified atom stereocenters. The molecule has 0 aliphatic heterocycles. The zero-order valence-electron chi connectivity index (χ0n) is 12.9. The van der Waals surface area contributed by atoms with Crippen LogP contribution in [0.2, 0.25) is 5.02 Å². The van der Waals surface area contributed by atoms with Crippen molar-refractivity contribution < 1.29 is 13.9 Å². The van der Waals surface area contributed by atoms with Crippen LogP contribution in [0.3, 0.4) is 0 Å². The number of fused-ring (bicyclic) bond motifs is 2. The fourth-order valence-electron chi connectivity index (χ4n) is 2.57. The number of ether oxygens (including phenoxy) is 1. The third kappa shape index (κ3) is 2.59. The first-order valence-electron chi connectivity index (χ1n) is 7.29. The normalized spacial score (nSPS) is 11.1. The summed E-state index contributed by atoms with van der Waals surface area (Å²) in [6, 6.07) is 12.1. The van der Waals surface area contributed by atoms with Gasteiger partial charge < -0.3 is 9.15 Å². The van der Waals surface area contributed by atoms with E-state index in [1.807, 2.05) is 24.3 Å². The molecule has 2 heterocycles. The molecule has 4 rings (SSSR count). The third-order valence-electron chi connectivity index (χ3n) is 3.78. The highest BCUT2D eigenvalue weighted by Gasteiger charge is 2.18. The molecule has 2 aromatic heterocycles. The maximum atomic E-state index is 12.3. The summed E-state index contributed by atoms with van der Waals surface area (Å²) >= 11 is 7.82. The Morgan fingerprint density at radius 3 is 2.76 bits per heavy atom. The lowest BCUT2D eigenvalue weighted by atomic mass is 10.1. The van der Waals surface area contributed by atoms with Gasteiger partial charge in [0.15, 0.2) is 0 Å². The Hall–Kier alpha value is -2.70. The zero-order valence-corrected chi connectivity index (χ0v) is 14.5. The molecule has 0 bridgehead atoms. The van der Waals surface area contributed by atoms with E-state index in [1.165, 1.54) is 36.6 Å². The SMILES string of the molecule is COC(=O)c1ccc2c(=O)oc(-c3sc4ccccc4c3Cl)nc2c1. The molecular weight excluding hydrogens is 362 g/mol. The molecule has 0 aliphatic carbocycles. The van der Waals surface area contributed by atoms with Crippen molar-refractivity contribution >= 4 is 49.9 Å². The summed E-state index contributed by atoms with van der Waals surface area (Å²) in [6.07, 6.45) is 0. The predicted molar refractivity (Wildman–Crippen MR) is 97.4 cm³/mol. The van der Waals surface area contributed by atoms with Gasteiger partial charge in [0, 0.05) is 10.1 Å². The first-order chi connectivity index (χ1) is 12.1. The van der Waals surface area contributed by atoms with Crippen molar-refractivity contribution in [2.75, 3.05) is 7.11 Å². The first kappa shape index (κ1) is 15.8. The molecule has 0 radical (unpaired) electrons. The van der Waals surface area contributed by atoms with Gasteiger partial charge in [0.05, 0.1) is 28.6 Å². The Morgan fingerprint density at radius 2 is 2.00 bits per heavy atom. The molecule has 7 heteroatoms. The van der Waals surface area contributed by atoms with Gasteiger partial charge in [-0.2, -0.15) is 0 Å². The van der Waals surface area contributed by atoms with Crippen LogP contribution in [-0.4, -0.2) is 18.1 Å². The number of aromatic nitrogens is 1. The van der Waals surface area contributed by atoms with Gasteiger partial charge in [0.25, 0.3) is 0 Å². The summed E-state index contributed by atoms with van der Waals surface area (Å²) in [6.45, 7) is 0. The summed E-state index contributed by atoms with van der Waals surface area (Å²) in [5, 5.41) is 1.64. The number of thiophene rings is 1. The largest absolute Gasteiger partial charge is 0.465 e. The van der Waals surface area contributed by atoms with E-state index in [1.54, 1.807) is 0 Å². The highest BCUT2D eigenvalue weighted by atomic mass is 35.5. The summed E-state index contributed by atoms with van der Waals surface area (Å²) in [5.41, 5.74) is 0.120. The van der Waals surface area contributed by atoms with Gasteiger partial charge in [-0.3, -0.25) is 0 Å². The van der Waals surface area contributed by atoms with Crippen LogP contribution in [0, 0.1) is 0 Å². The summed E-state index contributed by atoms with van der Waals surface area (Å²) in [7, 11) is 1.29. The molecule has 0 amide bonds. The molecule has 0 saturated carbocycles. The van der Waals surface area contributed by atoms with Gasteiger partial charge in [-0.1, -0.05) is 29.8 Å². The Balaban J connectivity index is 1.96. The third-order valence-corrected chi connectivity index (χ3v) is 5.44. The highest BCUT2D eigenvalue weighted by Crippen LogP contribution is 2.41. The number of benzene rings is 2. The van der Waals surface area contributed by atoms with Crippen LogP contribution in [0.15, 0.2) is 51.7 Å². The van der Waals surface area contributed by atoms with E-state index in [2.05, 4.69) is 4.98 Å². The monoisotopic (exact) mass is 371 g/mol. The number of halogens is 1. The minimum Gasteiger partial charge on any atom is -0.465 e. The maximum absolute atomic E-state index is 12.3. The van der Waals surface area contributed by atoms with Crippen molar-refractivity contribution in [3.8, 4) is 10.8 Å². The molecule has 124 valence electrons. The number of rotatable bonds is 2. The molecule has 2 aromatic carbocycles. The molecule has 0 spiro atoms. The Kier molecular flexibility index (Phi) is 3.78. The van der Waals surface area contributed by atoms with Crippen molar-refractivity contribution in [1.82, 2.24) is 4.98 Å². The highest BCUT2D eigenvalue weighted by molar-refractivity contribution is 7.23. The summed E-state index contributed by atoms with van der Waals surface area (Å²) < 4.78 is 11.0. The van der Waals surface area contributed by atoms with Gasteiger partial charge in [0.2, 0.25) is 5.89 Å². The molecule has 0 fully saturated rings. The van der Waals surface area contributed by atoms with Crippen LogP contribution < -0.4 is 5.63 Å². The Morgan fingerprint density at radius 1 is 1.20 bits per heavy atom. The van der Waals surface area contributed by atoms with Gasteiger partial charge in [0.1, 0.15) is 4.88 Å². The van der Waals surface area contributed by atoms with Crippen molar-refractivity contribution in [1.29, 1.82) is 0 Å².